The molecular weight excluding hydrogens is 262 g/mol. The lowest BCUT2D eigenvalue weighted by Crippen LogP contribution is -2.36. The van der Waals surface area contributed by atoms with Crippen LogP contribution >= 0.6 is 0 Å². The lowest BCUT2D eigenvalue weighted by molar-refractivity contribution is 0.549. The highest BCUT2D eigenvalue weighted by Crippen LogP contribution is 2.30. The number of aromatic nitrogens is 2. The highest BCUT2D eigenvalue weighted by Gasteiger charge is 2.24. The number of hydrazine groups is 1. The van der Waals surface area contributed by atoms with E-state index in [4.69, 9.17) is 10.8 Å². The van der Waals surface area contributed by atoms with E-state index in [9.17, 15) is 0 Å². The van der Waals surface area contributed by atoms with E-state index in [-0.39, 0.29) is 0 Å². The van der Waals surface area contributed by atoms with Crippen LogP contribution < -0.4 is 16.2 Å². The molecule has 3 N–H and O–H groups in total. The van der Waals surface area contributed by atoms with Crippen LogP contribution in [0.4, 0.5) is 11.6 Å². The second-order valence-corrected chi connectivity index (χ2v) is 6.28. The number of hydrogen-bond acceptors (Lipinski definition) is 5. The van der Waals surface area contributed by atoms with Crippen molar-refractivity contribution >= 4 is 11.6 Å². The minimum Gasteiger partial charge on any atom is -0.353 e. The molecule has 1 fully saturated rings. The Balaban J connectivity index is 2.46. The first-order valence-electron chi connectivity index (χ1n) is 8.20. The summed E-state index contributed by atoms with van der Waals surface area (Å²) in [6, 6.07) is 0.576. The monoisotopic (exact) mass is 291 g/mol. The Morgan fingerprint density at radius 2 is 2.05 bits per heavy atom. The van der Waals surface area contributed by atoms with Gasteiger partial charge in [0.1, 0.15) is 17.5 Å². The van der Waals surface area contributed by atoms with Crippen LogP contribution in [0.3, 0.4) is 0 Å². The van der Waals surface area contributed by atoms with Crippen molar-refractivity contribution in [2.24, 2.45) is 5.84 Å². The van der Waals surface area contributed by atoms with Gasteiger partial charge in [-0.1, -0.05) is 33.6 Å². The molecule has 5 nitrogen and oxygen atoms in total. The van der Waals surface area contributed by atoms with Gasteiger partial charge >= 0.3 is 0 Å². The SMILES string of the molecule is CCC1CCCCCN1c1nc(C(C)C)nc(NN)c1C. The first-order valence-corrected chi connectivity index (χ1v) is 8.20. The van der Waals surface area contributed by atoms with Crippen LogP contribution in [-0.4, -0.2) is 22.6 Å². The largest absolute Gasteiger partial charge is 0.353 e. The fraction of sp³-hybridized carbons (Fsp3) is 0.750. The molecule has 1 aliphatic rings. The molecule has 0 aromatic carbocycles. The Hall–Kier alpha value is -1.36. The minimum atomic E-state index is 0.295. The predicted molar refractivity (Wildman–Crippen MR) is 88.6 cm³/mol. The van der Waals surface area contributed by atoms with Crippen LogP contribution in [0.15, 0.2) is 0 Å². The summed E-state index contributed by atoms with van der Waals surface area (Å²) in [5, 5.41) is 0. The van der Waals surface area contributed by atoms with E-state index in [0.717, 1.165) is 36.0 Å². The summed E-state index contributed by atoms with van der Waals surface area (Å²) in [4.78, 5) is 11.9. The zero-order valence-corrected chi connectivity index (χ0v) is 13.8. The summed E-state index contributed by atoms with van der Waals surface area (Å²) in [6.45, 7) is 9.65. The van der Waals surface area contributed by atoms with Gasteiger partial charge in [0.25, 0.3) is 0 Å². The van der Waals surface area contributed by atoms with Crippen molar-refractivity contribution in [1.82, 2.24) is 9.97 Å². The second kappa shape index (κ2) is 7.07. The molecule has 0 bridgehead atoms. The quantitative estimate of drug-likeness (QED) is 0.658. The maximum absolute atomic E-state index is 5.66. The molecule has 5 heteroatoms. The summed E-state index contributed by atoms with van der Waals surface area (Å²) < 4.78 is 0. The first kappa shape index (κ1) is 16.0. The Labute approximate surface area is 128 Å². The molecule has 0 aliphatic carbocycles. The highest BCUT2D eigenvalue weighted by molar-refractivity contribution is 5.59. The maximum Gasteiger partial charge on any atom is 0.148 e. The molecular formula is C16H29N5. The van der Waals surface area contributed by atoms with Gasteiger partial charge in [0.05, 0.1) is 0 Å². The zero-order valence-electron chi connectivity index (χ0n) is 13.8. The normalized spacial score (nSPS) is 19.7. The fourth-order valence-corrected chi connectivity index (χ4v) is 3.08. The van der Waals surface area contributed by atoms with Gasteiger partial charge in [-0.3, -0.25) is 0 Å². The summed E-state index contributed by atoms with van der Waals surface area (Å²) >= 11 is 0. The van der Waals surface area contributed by atoms with Gasteiger partial charge in [0.15, 0.2) is 0 Å². The number of nitrogens with two attached hydrogens (primary N) is 1. The fourth-order valence-electron chi connectivity index (χ4n) is 3.08. The summed E-state index contributed by atoms with van der Waals surface area (Å²) in [6.07, 6.45) is 6.28. The van der Waals surface area contributed by atoms with Crippen molar-refractivity contribution in [3.63, 3.8) is 0 Å². The number of rotatable bonds is 4. The van der Waals surface area contributed by atoms with Crippen LogP contribution in [0.5, 0.6) is 0 Å². The summed E-state index contributed by atoms with van der Waals surface area (Å²) in [5.74, 6) is 8.63. The van der Waals surface area contributed by atoms with E-state index in [2.05, 4.69) is 43.0 Å². The van der Waals surface area contributed by atoms with Gasteiger partial charge < -0.3 is 10.3 Å². The van der Waals surface area contributed by atoms with Gasteiger partial charge in [0.2, 0.25) is 0 Å². The molecule has 1 atom stereocenters. The molecule has 1 aromatic heterocycles. The molecule has 0 amide bonds. The van der Waals surface area contributed by atoms with Gasteiger partial charge in [0, 0.05) is 24.1 Å². The van der Waals surface area contributed by atoms with Crippen LogP contribution in [0.25, 0.3) is 0 Å². The number of nitrogen functional groups attached to an aromatic ring is 1. The Morgan fingerprint density at radius 3 is 2.67 bits per heavy atom. The van der Waals surface area contributed by atoms with Crippen LogP contribution in [0.1, 0.15) is 70.2 Å². The topological polar surface area (TPSA) is 67.1 Å². The van der Waals surface area contributed by atoms with Gasteiger partial charge in [-0.15, -0.1) is 0 Å². The summed E-state index contributed by atoms with van der Waals surface area (Å²) in [5.41, 5.74) is 3.80. The average molecular weight is 291 g/mol. The molecule has 1 saturated heterocycles. The standard InChI is InChI=1S/C16H29N5/c1-5-13-9-7-6-8-10-21(13)16-12(4)15(20-17)18-14(19-16)11(2)3/h11,13H,5-10,17H2,1-4H3,(H,18,19,20). The average Bonchev–Trinajstić information content (AvgIpc) is 2.72. The number of anilines is 2. The number of nitrogens with zero attached hydrogens (tertiary/aromatic N) is 3. The van der Waals surface area contributed by atoms with Crippen LogP contribution in [-0.2, 0) is 0 Å². The van der Waals surface area contributed by atoms with E-state index < -0.39 is 0 Å². The molecule has 0 saturated carbocycles. The third-order valence-electron chi connectivity index (χ3n) is 4.41. The van der Waals surface area contributed by atoms with Gasteiger partial charge in [-0.25, -0.2) is 15.8 Å². The molecule has 1 unspecified atom stereocenters. The van der Waals surface area contributed by atoms with Crippen molar-refractivity contribution in [2.75, 3.05) is 16.9 Å². The Morgan fingerprint density at radius 1 is 1.29 bits per heavy atom. The Bertz CT molecular complexity index is 472. The molecule has 21 heavy (non-hydrogen) atoms. The van der Waals surface area contributed by atoms with E-state index in [1.165, 1.54) is 25.7 Å². The minimum absolute atomic E-state index is 0.295. The lowest BCUT2D eigenvalue weighted by atomic mass is 10.1. The number of hydrogen-bond donors (Lipinski definition) is 2. The van der Waals surface area contributed by atoms with Crippen LogP contribution in [0, 0.1) is 6.92 Å². The third kappa shape index (κ3) is 3.46. The van der Waals surface area contributed by atoms with Crippen molar-refractivity contribution in [3.8, 4) is 0 Å². The van der Waals surface area contributed by atoms with Crippen molar-refractivity contribution < 1.29 is 0 Å². The van der Waals surface area contributed by atoms with Gasteiger partial charge in [-0.2, -0.15) is 0 Å². The van der Waals surface area contributed by atoms with Crippen molar-refractivity contribution in [1.29, 1.82) is 0 Å². The molecule has 1 aliphatic heterocycles. The lowest BCUT2D eigenvalue weighted by Gasteiger charge is -2.32. The number of nitrogens with one attached hydrogen (secondary N) is 1. The third-order valence-corrected chi connectivity index (χ3v) is 4.41. The summed E-state index contributed by atoms with van der Waals surface area (Å²) in [7, 11) is 0. The van der Waals surface area contributed by atoms with E-state index in [0.29, 0.717) is 12.0 Å². The van der Waals surface area contributed by atoms with Crippen LogP contribution in [0.2, 0.25) is 0 Å². The molecule has 0 radical (unpaired) electrons. The molecule has 118 valence electrons. The van der Waals surface area contributed by atoms with Gasteiger partial charge in [-0.05, 0) is 26.2 Å². The second-order valence-electron chi connectivity index (χ2n) is 6.28. The van der Waals surface area contributed by atoms with Crippen molar-refractivity contribution in [3.05, 3.63) is 11.4 Å². The smallest absolute Gasteiger partial charge is 0.148 e. The van der Waals surface area contributed by atoms with E-state index in [1.807, 2.05) is 0 Å². The maximum atomic E-state index is 5.66. The highest BCUT2D eigenvalue weighted by atomic mass is 15.3. The predicted octanol–water partition coefficient (Wildman–Crippen LogP) is 3.35. The molecule has 2 heterocycles. The Kier molecular flexibility index (Phi) is 5.39. The zero-order chi connectivity index (χ0) is 15.4. The molecule has 1 aromatic rings. The molecule has 2 rings (SSSR count). The first-order chi connectivity index (χ1) is 10.1. The van der Waals surface area contributed by atoms with E-state index >= 15 is 0 Å². The van der Waals surface area contributed by atoms with E-state index in [1.54, 1.807) is 0 Å². The molecule has 0 spiro atoms. The van der Waals surface area contributed by atoms with Crippen molar-refractivity contribution in [2.45, 2.75) is 71.8 Å².